The molecular formula is C16H16NO2+. The van der Waals surface area contributed by atoms with Gasteiger partial charge in [-0.05, 0) is 6.07 Å². The Labute approximate surface area is 112 Å². The Morgan fingerprint density at radius 3 is 2.32 bits per heavy atom. The van der Waals surface area contributed by atoms with Crippen molar-refractivity contribution in [1.29, 1.82) is 0 Å². The van der Waals surface area contributed by atoms with Crippen molar-refractivity contribution in [3.8, 4) is 0 Å². The number of rotatable bonds is 5. The van der Waals surface area contributed by atoms with Crippen molar-refractivity contribution in [3.05, 3.63) is 66.0 Å². The summed E-state index contributed by atoms with van der Waals surface area (Å²) in [5.41, 5.74) is 1.33. The fourth-order valence-corrected chi connectivity index (χ4v) is 1.87. The van der Waals surface area contributed by atoms with E-state index in [1.807, 2.05) is 25.1 Å². The monoisotopic (exact) mass is 254 g/mol. The van der Waals surface area contributed by atoms with Gasteiger partial charge in [-0.1, -0.05) is 37.3 Å². The number of ketones is 2. The zero-order valence-corrected chi connectivity index (χ0v) is 10.9. The first-order chi connectivity index (χ1) is 9.20. The zero-order valence-electron chi connectivity index (χ0n) is 10.9. The molecule has 2 rings (SSSR count). The molecule has 0 unspecified atom stereocenters. The van der Waals surface area contributed by atoms with E-state index in [1.165, 1.54) is 0 Å². The fraction of sp³-hybridized carbons (Fsp3) is 0.188. The smallest absolute Gasteiger partial charge is 0.227 e. The largest absolute Gasteiger partial charge is 0.294 e. The molecule has 0 aliphatic carbocycles. The molecule has 0 aliphatic heterocycles. The van der Waals surface area contributed by atoms with E-state index in [4.69, 9.17) is 0 Å². The molecule has 0 N–H and O–H groups in total. The number of carbonyl (C=O) groups is 2. The average Bonchev–Trinajstić information content (AvgIpc) is 2.47. The van der Waals surface area contributed by atoms with Crippen LogP contribution in [0.25, 0.3) is 0 Å². The van der Waals surface area contributed by atoms with E-state index < -0.39 is 0 Å². The van der Waals surface area contributed by atoms with Crippen molar-refractivity contribution in [2.45, 2.75) is 19.9 Å². The SMILES string of the molecule is CCC(=O)c1ccc[n+](CC(=O)c2ccccc2)c1. The number of hydrogen-bond acceptors (Lipinski definition) is 2. The van der Waals surface area contributed by atoms with Gasteiger partial charge in [0.1, 0.15) is 0 Å². The predicted octanol–water partition coefficient (Wildman–Crippen LogP) is 2.45. The van der Waals surface area contributed by atoms with E-state index in [9.17, 15) is 9.59 Å². The quantitative estimate of drug-likeness (QED) is 0.607. The van der Waals surface area contributed by atoms with Crippen molar-refractivity contribution < 1.29 is 14.2 Å². The summed E-state index contributed by atoms with van der Waals surface area (Å²) in [6, 6.07) is 12.7. The number of hydrogen-bond donors (Lipinski definition) is 0. The topological polar surface area (TPSA) is 38.0 Å². The molecule has 0 radical (unpaired) electrons. The second-order valence-electron chi connectivity index (χ2n) is 4.33. The van der Waals surface area contributed by atoms with Gasteiger partial charge in [-0.15, -0.1) is 0 Å². The third-order valence-corrected chi connectivity index (χ3v) is 2.92. The van der Waals surface area contributed by atoms with Gasteiger partial charge < -0.3 is 0 Å². The van der Waals surface area contributed by atoms with Gasteiger partial charge in [0.25, 0.3) is 0 Å². The Morgan fingerprint density at radius 2 is 1.63 bits per heavy atom. The highest BCUT2D eigenvalue weighted by molar-refractivity contribution is 5.96. The van der Waals surface area contributed by atoms with Crippen molar-refractivity contribution in [3.63, 3.8) is 0 Å². The maximum atomic E-state index is 12.1. The molecule has 19 heavy (non-hydrogen) atoms. The van der Waals surface area contributed by atoms with Crippen LogP contribution in [0, 0.1) is 0 Å². The molecule has 3 nitrogen and oxygen atoms in total. The lowest BCUT2D eigenvalue weighted by Gasteiger charge is -2.00. The van der Waals surface area contributed by atoms with Gasteiger partial charge in [-0.25, -0.2) is 0 Å². The first-order valence-corrected chi connectivity index (χ1v) is 6.31. The van der Waals surface area contributed by atoms with Gasteiger partial charge in [0.15, 0.2) is 18.2 Å². The Balaban J connectivity index is 2.16. The van der Waals surface area contributed by atoms with E-state index in [1.54, 1.807) is 41.2 Å². The molecule has 0 aliphatic rings. The van der Waals surface area contributed by atoms with Gasteiger partial charge >= 0.3 is 0 Å². The van der Waals surface area contributed by atoms with Crippen molar-refractivity contribution in [2.75, 3.05) is 0 Å². The number of carbonyl (C=O) groups excluding carboxylic acids is 2. The van der Waals surface area contributed by atoms with E-state index in [2.05, 4.69) is 0 Å². The highest BCUT2D eigenvalue weighted by Crippen LogP contribution is 2.02. The number of Topliss-reactive ketones (excluding diaryl/α,β-unsaturated/α-hetero) is 2. The maximum Gasteiger partial charge on any atom is 0.227 e. The first-order valence-electron chi connectivity index (χ1n) is 6.31. The molecule has 0 saturated carbocycles. The maximum absolute atomic E-state index is 12.1. The molecule has 1 heterocycles. The highest BCUT2D eigenvalue weighted by Gasteiger charge is 2.13. The van der Waals surface area contributed by atoms with Gasteiger partial charge in [-0.3, -0.25) is 9.59 Å². The Hall–Kier alpha value is -2.29. The lowest BCUT2D eigenvalue weighted by molar-refractivity contribution is -0.683. The number of aromatic nitrogens is 1. The van der Waals surface area contributed by atoms with Crippen molar-refractivity contribution in [1.82, 2.24) is 0 Å². The molecule has 2 aromatic rings. The van der Waals surface area contributed by atoms with Gasteiger partial charge in [-0.2, -0.15) is 4.57 Å². The number of pyridine rings is 1. The summed E-state index contributed by atoms with van der Waals surface area (Å²) < 4.78 is 1.75. The summed E-state index contributed by atoms with van der Waals surface area (Å²) in [5.74, 6) is 0.119. The predicted molar refractivity (Wildman–Crippen MR) is 72.0 cm³/mol. The van der Waals surface area contributed by atoms with Crippen LogP contribution in [0.1, 0.15) is 34.1 Å². The molecule has 1 aromatic carbocycles. The summed E-state index contributed by atoms with van der Waals surface area (Å²) >= 11 is 0. The highest BCUT2D eigenvalue weighted by atomic mass is 16.1. The number of benzene rings is 1. The van der Waals surface area contributed by atoms with Crippen molar-refractivity contribution >= 4 is 11.6 Å². The Morgan fingerprint density at radius 1 is 0.947 bits per heavy atom. The second-order valence-corrected chi connectivity index (χ2v) is 4.33. The van der Waals surface area contributed by atoms with Crippen LogP contribution in [0.5, 0.6) is 0 Å². The lowest BCUT2D eigenvalue weighted by Crippen LogP contribution is -2.38. The molecule has 0 amide bonds. The van der Waals surface area contributed by atoms with Crippen LogP contribution in [0.2, 0.25) is 0 Å². The minimum atomic E-state index is 0.0340. The van der Waals surface area contributed by atoms with Crippen LogP contribution in [-0.2, 0) is 6.54 Å². The minimum absolute atomic E-state index is 0.0340. The Bertz CT molecular complexity index is 591. The van der Waals surface area contributed by atoms with Crippen LogP contribution in [-0.4, -0.2) is 11.6 Å². The normalized spacial score (nSPS) is 10.2. The summed E-state index contributed by atoms with van der Waals surface area (Å²) in [6.07, 6.45) is 4.00. The molecule has 3 heteroatoms. The molecular weight excluding hydrogens is 238 g/mol. The van der Waals surface area contributed by atoms with Crippen molar-refractivity contribution in [2.24, 2.45) is 0 Å². The third kappa shape index (κ3) is 3.35. The molecule has 0 bridgehead atoms. The molecule has 0 saturated heterocycles. The van der Waals surface area contributed by atoms with Crippen LogP contribution < -0.4 is 4.57 Å². The summed E-state index contributed by atoms with van der Waals surface area (Å²) in [7, 11) is 0. The summed E-state index contributed by atoms with van der Waals surface area (Å²) in [4.78, 5) is 23.7. The number of nitrogens with zero attached hydrogens (tertiary/aromatic N) is 1. The van der Waals surface area contributed by atoms with Gasteiger partial charge in [0, 0.05) is 18.1 Å². The summed E-state index contributed by atoms with van der Waals surface area (Å²) in [5, 5.41) is 0. The molecule has 1 aromatic heterocycles. The zero-order chi connectivity index (χ0) is 13.7. The van der Waals surface area contributed by atoms with E-state index >= 15 is 0 Å². The standard InChI is InChI=1S/C16H16NO2/c1-2-15(18)14-9-6-10-17(11-14)12-16(19)13-7-4-3-5-8-13/h3-11H,2,12H2,1H3/q+1. The van der Waals surface area contributed by atoms with E-state index in [0.717, 1.165) is 0 Å². The minimum Gasteiger partial charge on any atom is -0.294 e. The molecule has 96 valence electrons. The molecule has 0 atom stereocenters. The van der Waals surface area contributed by atoms with E-state index in [-0.39, 0.29) is 18.1 Å². The lowest BCUT2D eigenvalue weighted by atomic mass is 10.1. The van der Waals surface area contributed by atoms with Crippen LogP contribution in [0.15, 0.2) is 54.9 Å². The van der Waals surface area contributed by atoms with E-state index in [0.29, 0.717) is 17.5 Å². The second kappa shape index (κ2) is 6.05. The molecule has 0 spiro atoms. The molecule has 0 fully saturated rings. The van der Waals surface area contributed by atoms with Crippen LogP contribution >= 0.6 is 0 Å². The van der Waals surface area contributed by atoms with Gasteiger partial charge in [0.2, 0.25) is 12.3 Å². The van der Waals surface area contributed by atoms with Crippen LogP contribution in [0.3, 0.4) is 0 Å². The first kappa shape index (κ1) is 13.1. The average molecular weight is 254 g/mol. The Kier molecular flexibility index (Phi) is 4.18. The third-order valence-electron chi connectivity index (χ3n) is 2.92. The fourth-order valence-electron chi connectivity index (χ4n) is 1.87. The van der Waals surface area contributed by atoms with Gasteiger partial charge in [0.05, 0.1) is 5.56 Å². The summed E-state index contributed by atoms with van der Waals surface area (Å²) in [6.45, 7) is 2.07. The van der Waals surface area contributed by atoms with Crippen LogP contribution in [0.4, 0.5) is 0 Å².